The largest absolute Gasteiger partial charge is 0.495 e. The van der Waals surface area contributed by atoms with E-state index in [0.717, 1.165) is 5.56 Å². The molecule has 1 N–H and O–H groups in total. The summed E-state index contributed by atoms with van der Waals surface area (Å²) in [7, 11) is 1.56. The molecule has 24 heavy (non-hydrogen) atoms. The zero-order chi connectivity index (χ0) is 17.1. The first-order valence-corrected chi connectivity index (χ1v) is 8.42. The molecule has 1 aromatic carbocycles. The van der Waals surface area contributed by atoms with Crippen molar-refractivity contribution >= 4 is 45.6 Å². The number of hydrogen-bond donors (Lipinski definition) is 1. The molecule has 0 saturated carbocycles. The number of rotatable bonds is 4. The molecule has 0 aliphatic rings. The molecule has 3 rings (SSSR count). The SMILES string of the molecule is COc1ccc(-c2csc(NC(=O)c3ccnc(Cl)c3)n2)cc1Cl. The van der Waals surface area contributed by atoms with Crippen LogP contribution < -0.4 is 10.1 Å². The van der Waals surface area contributed by atoms with E-state index in [-0.39, 0.29) is 11.1 Å². The fraction of sp³-hybridized carbons (Fsp3) is 0.0625. The molecule has 0 bridgehead atoms. The van der Waals surface area contributed by atoms with Crippen LogP contribution in [0.3, 0.4) is 0 Å². The minimum atomic E-state index is -0.298. The highest BCUT2D eigenvalue weighted by molar-refractivity contribution is 7.14. The molecule has 8 heteroatoms. The first-order chi connectivity index (χ1) is 11.6. The quantitative estimate of drug-likeness (QED) is 0.662. The Bertz CT molecular complexity index is 899. The minimum Gasteiger partial charge on any atom is -0.495 e. The number of ether oxygens (including phenoxy) is 1. The number of amides is 1. The standard InChI is InChI=1S/C16H11Cl2N3O2S/c1-23-13-3-2-9(6-11(13)17)12-8-24-16(20-12)21-15(22)10-4-5-19-14(18)7-10/h2-8H,1H3,(H,20,21,22). The third-order valence-corrected chi connectivity index (χ3v) is 4.42. The topological polar surface area (TPSA) is 64.1 Å². The molecule has 0 unspecified atom stereocenters. The number of halogens is 2. The van der Waals surface area contributed by atoms with E-state index in [1.807, 2.05) is 11.4 Å². The van der Waals surface area contributed by atoms with Crippen molar-refractivity contribution in [3.63, 3.8) is 0 Å². The van der Waals surface area contributed by atoms with Crippen LogP contribution in [0.5, 0.6) is 5.75 Å². The second kappa shape index (κ2) is 7.17. The monoisotopic (exact) mass is 379 g/mol. The number of benzene rings is 1. The molecule has 0 radical (unpaired) electrons. The van der Waals surface area contributed by atoms with Crippen molar-refractivity contribution in [2.45, 2.75) is 0 Å². The number of pyridine rings is 1. The van der Waals surface area contributed by atoms with Gasteiger partial charge in [0.25, 0.3) is 5.91 Å². The van der Waals surface area contributed by atoms with E-state index in [2.05, 4.69) is 15.3 Å². The van der Waals surface area contributed by atoms with Crippen molar-refractivity contribution in [3.8, 4) is 17.0 Å². The molecule has 5 nitrogen and oxygen atoms in total. The summed E-state index contributed by atoms with van der Waals surface area (Å²) in [5.74, 6) is 0.298. The van der Waals surface area contributed by atoms with E-state index in [1.54, 1.807) is 25.3 Å². The van der Waals surface area contributed by atoms with E-state index in [4.69, 9.17) is 27.9 Å². The van der Waals surface area contributed by atoms with Gasteiger partial charge in [0.05, 0.1) is 17.8 Å². The lowest BCUT2D eigenvalue weighted by Gasteiger charge is -2.04. The van der Waals surface area contributed by atoms with Crippen LogP contribution in [-0.2, 0) is 0 Å². The van der Waals surface area contributed by atoms with Crippen molar-refractivity contribution in [1.29, 1.82) is 0 Å². The summed E-state index contributed by atoms with van der Waals surface area (Å²) in [4.78, 5) is 20.4. The van der Waals surface area contributed by atoms with Crippen molar-refractivity contribution in [3.05, 3.63) is 57.6 Å². The maximum atomic E-state index is 12.2. The minimum absolute atomic E-state index is 0.260. The number of aromatic nitrogens is 2. The molecule has 0 aliphatic heterocycles. The Labute approximate surface area is 152 Å². The molecule has 0 fully saturated rings. The summed E-state index contributed by atoms with van der Waals surface area (Å²) in [5, 5.41) is 5.82. The van der Waals surface area contributed by atoms with Gasteiger partial charge in [0.2, 0.25) is 0 Å². The highest BCUT2D eigenvalue weighted by Gasteiger charge is 2.11. The average molecular weight is 380 g/mol. The zero-order valence-electron chi connectivity index (χ0n) is 12.4. The number of nitrogens with zero attached hydrogens (tertiary/aromatic N) is 2. The Kier molecular flexibility index (Phi) is 4.99. The first-order valence-electron chi connectivity index (χ1n) is 6.79. The smallest absolute Gasteiger partial charge is 0.257 e. The molecule has 0 atom stereocenters. The second-order valence-electron chi connectivity index (χ2n) is 4.71. The zero-order valence-corrected chi connectivity index (χ0v) is 14.7. The second-order valence-corrected chi connectivity index (χ2v) is 6.36. The fourth-order valence-corrected chi connectivity index (χ4v) is 3.15. The van der Waals surface area contributed by atoms with E-state index < -0.39 is 0 Å². The van der Waals surface area contributed by atoms with Crippen LogP contribution in [0.2, 0.25) is 10.2 Å². The Morgan fingerprint density at radius 3 is 2.79 bits per heavy atom. The number of anilines is 1. The molecule has 122 valence electrons. The van der Waals surface area contributed by atoms with Gasteiger partial charge in [0.1, 0.15) is 10.9 Å². The Morgan fingerprint density at radius 2 is 2.08 bits per heavy atom. The third-order valence-electron chi connectivity index (χ3n) is 3.16. The summed E-state index contributed by atoms with van der Waals surface area (Å²) in [5.41, 5.74) is 1.97. The van der Waals surface area contributed by atoms with Crippen LogP contribution in [0, 0.1) is 0 Å². The van der Waals surface area contributed by atoms with Gasteiger partial charge in [-0.05, 0) is 30.3 Å². The van der Waals surface area contributed by atoms with Gasteiger partial charge in [-0.25, -0.2) is 9.97 Å². The predicted molar refractivity (Wildman–Crippen MR) is 96.3 cm³/mol. The number of carbonyl (C=O) groups excluding carboxylic acids is 1. The van der Waals surface area contributed by atoms with Crippen LogP contribution in [-0.4, -0.2) is 23.0 Å². The van der Waals surface area contributed by atoms with Gasteiger partial charge in [-0.3, -0.25) is 10.1 Å². The van der Waals surface area contributed by atoms with Gasteiger partial charge in [0, 0.05) is 22.7 Å². The highest BCUT2D eigenvalue weighted by atomic mass is 35.5. The van der Waals surface area contributed by atoms with Crippen LogP contribution in [0.1, 0.15) is 10.4 Å². The van der Waals surface area contributed by atoms with Crippen molar-refractivity contribution < 1.29 is 9.53 Å². The van der Waals surface area contributed by atoms with Crippen LogP contribution in [0.25, 0.3) is 11.3 Å². The molecule has 2 aromatic heterocycles. The summed E-state index contributed by atoms with van der Waals surface area (Å²) in [6.45, 7) is 0. The highest BCUT2D eigenvalue weighted by Crippen LogP contribution is 2.31. The summed E-state index contributed by atoms with van der Waals surface area (Å²) >= 11 is 13.2. The maximum Gasteiger partial charge on any atom is 0.257 e. The van der Waals surface area contributed by atoms with Crippen LogP contribution in [0.4, 0.5) is 5.13 Å². The molecule has 0 saturated heterocycles. The predicted octanol–water partition coefficient (Wildman–Crippen LogP) is 4.77. The number of carbonyl (C=O) groups is 1. The molecular weight excluding hydrogens is 369 g/mol. The number of hydrogen-bond acceptors (Lipinski definition) is 5. The van der Waals surface area contributed by atoms with E-state index in [9.17, 15) is 4.79 Å². The van der Waals surface area contributed by atoms with Gasteiger partial charge >= 0.3 is 0 Å². The van der Waals surface area contributed by atoms with Gasteiger partial charge in [-0.15, -0.1) is 11.3 Å². The lowest BCUT2D eigenvalue weighted by molar-refractivity contribution is 0.102. The third kappa shape index (κ3) is 3.67. The summed E-state index contributed by atoms with van der Waals surface area (Å²) in [6.07, 6.45) is 1.48. The van der Waals surface area contributed by atoms with Crippen molar-refractivity contribution in [2.24, 2.45) is 0 Å². The molecule has 2 heterocycles. The van der Waals surface area contributed by atoms with Gasteiger partial charge in [-0.1, -0.05) is 23.2 Å². The summed E-state index contributed by atoms with van der Waals surface area (Å²) in [6, 6.07) is 8.47. The lowest BCUT2D eigenvalue weighted by atomic mass is 10.2. The van der Waals surface area contributed by atoms with Gasteiger partial charge in [-0.2, -0.15) is 0 Å². The van der Waals surface area contributed by atoms with Gasteiger partial charge < -0.3 is 4.74 Å². The molecular formula is C16H11Cl2N3O2S. The Morgan fingerprint density at radius 1 is 1.25 bits per heavy atom. The van der Waals surface area contributed by atoms with Gasteiger partial charge in [0.15, 0.2) is 5.13 Å². The average Bonchev–Trinajstić information content (AvgIpc) is 3.03. The number of thiazole rings is 1. The van der Waals surface area contributed by atoms with E-state index >= 15 is 0 Å². The lowest BCUT2D eigenvalue weighted by Crippen LogP contribution is -2.11. The van der Waals surface area contributed by atoms with E-state index in [0.29, 0.717) is 27.2 Å². The number of methoxy groups -OCH3 is 1. The van der Waals surface area contributed by atoms with Crippen molar-refractivity contribution in [2.75, 3.05) is 12.4 Å². The normalized spacial score (nSPS) is 10.5. The Balaban J connectivity index is 1.78. The first kappa shape index (κ1) is 16.7. The van der Waals surface area contributed by atoms with Crippen molar-refractivity contribution in [1.82, 2.24) is 9.97 Å². The fourth-order valence-electron chi connectivity index (χ4n) is 2.00. The maximum absolute atomic E-state index is 12.2. The van der Waals surface area contributed by atoms with Crippen LogP contribution >= 0.6 is 34.5 Å². The molecule has 1 amide bonds. The van der Waals surface area contributed by atoms with Crippen LogP contribution in [0.15, 0.2) is 41.9 Å². The van der Waals surface area contributed by atoms with E-state index in [1.165, 1.54) is 23.6 Å². The number of nitrogens with one attached hydrogen (secondary N) is 1. The molecule has 0 spiro atoms. The molecule has 0 aliphatic carbocycles. The summed E-state index contributed by atoms with van der Waals surface area (Å²) < 4.78 is 5.13. The molecule has 3 aromatic rings. The Hall–Kier alpha value is -2.15.